The van der Waals surface area contributed by atoms with Crippen molar-refractivity contribution in [2.75, 3.05) is 13.2 Å². The summed E-state index contributed by atoms with van der Waals surface area (Å²) in [7, 11) is 0. The van der Waals surface area contributed by atoms with Crippen LogP contribution in [-0.4, -0.2) is 25.3 Å². The maximum absolute atomic E-state index is 5.67. The summed E-state index contributed by atoms with van der Waals surface area (Å²) in [6.45, 7) is 13.1. The lowest BCUT2D eigenvalue weighted by Crippen LogP contribution is -2.44. The summed E-state index contributed by atoms with van der Waals surface area (Å²) in [4.78, 5) is 0. The Morgan fingerprint density at radius 1 is 1.25 bits per heavy atom. The molecule has 0 spiro atoms. The second-order valence-electron chi connectivity index (χ2n) is 6.43. The third kappa shape index (κ3) is 4.42. The molecule has 1 saturated carbocycles. The highest BCUT2D eigenvalue weighted by atomic mass is 16.5. The van der Waals surface area contributed by atoms with Crippen LogP contribution in [0, 0.1) is 11.3 Å². The summed E-state index contributed by atoms with van der Waals surface area (Å²) in [5, 5.41) is 3.72. The van der Waals surface area contributed by atoms with Gasteiger partial charge in [0.25, 0.3) is 0 Å². The standard InChI is InChI=1S/C14H29NO/c1-11(2)9-16-10-12(3)15-13-7-6-8-14(13,4)5/h11-13,15H,6-10H2,1-5H3. The average Bonchev–Trinajstić information content (AvgIpc) is 2.45. The topological polar surface area (TPSA) is 21.3 Å². The van der Waals surface area contributed by atoms with Crippen LogP contribution in [0.3, 0.4) is 0 Å². The van der Waals surface area contributed by atoms with E-state index < -0.39 is 0 Å². The molecule has 1 N–H and O–H groups in total. The Morgan fingerprint density at radius 3 is 2.44 bits per heavy atom. The van der Waals surface area contributed by atoms with Crippen molar-refractivity contribution in [2.24, 2.45) is 11.3 Å². The first-order valence-electron chi connectivity index (χ1n) is 6.75. The van der Waals surface area contributed by atoms with Crippen LogP contribution in [0.4, 0.5) is 0 Å². The van der Waals surface area contributed by atoms with E-state index in [-0.39, 0.29) is 0 Å². The van der Waals surface area contributed by atoms with E-state index in [2.05, 4.69) is 39.9 Å². The number of nitrogens with one attached hydrogen (secondary N) is 1. The van der Waals surface area contributed by atoms with E-state index in [1.807, 2.05) is 0 Å². The third-order valence-electron chi connectivity index (χ3n) is 3.56. The fourth-order valence-electron chi connectivity index (χ4n) is 2.51. The predicted molar refractivity (Wildman–Crippen MR) is 69.7 cm³/mol. The Labute approximate surface area is 101 Å². The fourth-order valence-corrected chi connectivity index (χ4v) is 2.51. The van der Waals surface area contributed by atoms with Gasteiger partial charge in [0.2, 0.25) is 0 Å². The molecule has 0 aromatic heterocycles. The molecule has 1 aliphatic rings. The average molecular weight is 227 g/mol. The van der Waals surface area contributed by atoms with Crippen molar-refractivity contribution in [1.29, 1.82) is 0 Å². The molecule has 1 fully saturated rings. The lowest BCUT2D eigenvalue weighted by atomic mass is 9.87. The van der Waals surface area contributed by atoms with Crippen LogP contribution in [0.5, 0.6) is 0 Å². The van der Waals surface area contributed by atoms with Gasteiger partial charge >= 0.3 is 0 Å². The van der Waals surface area contributed by atoms with Crippen molar-refractivity contribution in [3.05, 3.63) is 0 Å². The molecule has 0 aromatic carbocycles. The molecule has 2 nitrogen and oxygen atoms in total. The Kier molecular flexibility index (Phi) is 5.26. The highest BCUT2D eigenvalue weighted by Crippen LogP contribution is 2.37. The molecule has 16 heavy (non-hydrogen) atoms. The molecule has 0 amide bonds. The molecule has 1 aliphatic carbocycles. The Hall–Kier alpha value is -0.0800. The molecule has 2 atom stereocenters. The largest absolute Gasteiger partial charge is 0.380 e. The molecular weight excluding hydrogens is 198 g/mol. The van der Waals surface area contributed by atoms with Crippen molar-refractivity contribution in [1.82, 2.24) is 5.32 Å². The molecule has 96 valence electrons. The first-order chi connectivity index (χ1) is 7.42. The molecule has 0 radical (unpaired) electrons. The number of rotatable bonds is 6. The van der Waals surface area contributed by atoms with E-state index in [0.717, 1.165) is 13.2 Å². The Balaban J connectivity index is 2.21. The number of ether oxygens (including phenoxy) is 1. The van der Waals surface area contributed by atoms with Crippen molar-refractivity contribution < 1.29 is 4.74 Å². The van der Waals surface area contributed by atoms with Crippen molar-refractivity contribution in [2.45, 2.75) is 66.0 Å². The van der Waals surface area contributed by atoms with Gasteiger partial charge in [0.05, 0.1) is 6.61 Å². The molecule has 2 heteroatoms. The fraction of sp³-hybridized carbons (Fsp3) is 1.00. The Bertz CT molecular complexity index is 201. The van der Waals surface area contributed by atoms with E-state index in [1.54, 1.807) is 0 Å². The third-order valence-corrected chi connectivity index (χ3v) is 3.56. The van der Waals surface area contributed by atoms with Crippen LogP contribution >= 0.6 is 0 Å². The van der Waals surface area contributed by atoms with Gasteiger partial charge in [-0.05, 0) is 31.1 Å². The van der Waals surface area contributed by atoms with E-state index in [0.29, 0.717) is 23.4 Å². The minimum atomic E-state index is 0.465. The van der Waals surface area contributed by atoms with Crippen molar-refractivity contribution in [3.63, 3.8) is 0 Å². The zero-order chi connectivity index (χ0) is 12.2. The first-order valence-corrected chi connectivity index (χ1v) is 6.75. The molecule has 0 aromatic rings. The number of hydrogen-bond acceptors (Lipinski definition) is 2. The molecule has 0 bridgehead atoms. The van der Waals surface area contributed by atoms with Gasteiger partial charge in [-0.1, -0.05) is 34.1 Å². The zero-order valence-electron chi connectivity index (χ0n) is 11.7. The van der Waals surface area contributed by atoms with Crippen LogP contribution in [0.25, 0.3) is 0 Å². The molecule has 2 unspecified atom stereocenters. The SMILES string of the molecule is CC(C)COCC(C)NC1CCCC1(C)C. The van der Waals surface area contributed by atoms with Crippen LogP contribution in [0.15, 0.2) is 0 Å². The van der Waals surface area contributed by atoms with Gasteiger partial charge in [0, 0.05) is 18.7 Å². The van der Waals surface area contributed by atoms with Crippen LogP contribution in [0.1, 0.15) is 53.9 Å². The highest BCUT2D eigenvalue weighted by Gasteiger charge is 2.34. The van der Waals surface area contributed by atoms with Gasteiger partial charge in [-0.25, -0.2) is 0 Å². The summed E-state index contributed by atoms with van der Waals surface area (Å²) in [5.41, 5.74) is 0.465. The highest BCUT2D eigenvalue weighted by molar-refractivity contribution is 4.91. The van der Waals surface area contributed by atoms with E-state index in [9.17, 15) is 0 Å². The van der Waals surface area contributed by atoms with Gasteiger partial charge in [0.15, 0.2) is 0 Å². The van der Waals surface area contributed by atoms with Crippen LogP contribution in [-0.2, 0) is 4.74 Å². The molecule has 1 rings (SSSR count). The zero-order valence-corrected chi connectivity index (χ0v) is 11.7. The minimum Gasteiger partial charge on any atom is -0.380 e. The van der Waals surface area contributed by atoms with Gasteiger partial charge < -0.3 is 10.1 Å². The summed E-state index contributed by atoms with van der Waals surface area (Å²) in [6, 6.07) is 1.14. The van der Waals surface area contributed by atoms with Crippen LogP contribution < -0.4 is 5.32 Å². The lowest BCUT2D eigenvalue weighted by Gasteiger charge is -2.30. The van der Waals surface area contributed by atoms with E-state index >= 15 is 0 Å². The van der Waals surface area contributed by atoms with Gasteiger partial charge in [-0.15, -0.1) is 0 Å². The predicted octanol–water partition coefficient (Wildman–Crippen LogP) is 3.22. The number of hydrogen-bond donors (Lipinski definition) is 1. The second kappa shape index (κ2) is 6.02. The quantitative estimate of drug-likeness (QED) is 0.752. The summed E-state index contributed by atoms with van der Waals surface area (Å²) in [5.74, 6) is 0.634. The minimum absolute atomic E-state index is 0.465. The normalized spacial score (nSPS) is 26.2. The summed E-state index contributed by atoms with van der Waals surface area (Å²) in [6.07, 6.45) is 4.04. The summed E-state index contributed by atoms with van der Waals surface area (Å²) >= 11 is 0. The molecule has 0 saturated heterocycles. The van der Waals surface area contributed by atoms with E-state index in [1.165, 1.54) is 19.3 Å². The van der Waals surface area contributed by atoms with Crippen LogP contribution in [0.2, 0.25) is 0 Å². The monoisotopic (exact) mass is 227 g/mol. The van der Waals surface area contributed by atoms with Gasteiger partial charge in [-0.3, -0.25) is 0 Å². The van der Waals surface area contributed by atoms with Gasteiger partial charge in [0.1, 0.15) is 0 Å². The second-order valence-corrected chi connectivity index (χ2v) is 6.43. The van der Waals surface area contributed by atoms with Crippen molar-refractivity contribution >= 4 is 0 Å². The molecule has 0 heterocycles. The Morgan fingerprint density at radius 2 is 1.94 bits per heavy atom. The maximum atomic E-state index is 5.67. The first kappa shape index (κ1) is 14.0. The van der Waals surface area contributed by atoms with Crippen molar-refractivity contribution in [3.8, 4) is 0 Å². The van der Waals surface area contributed by atoms with E-state index in [4.69, 9.17) is 4.74 Å². The summed E-state index contributed by atoms with van der Waals surface area (Å²) < 4.78 is 5.67. The molecular formula is C14H29NO. The lowest BCUT2D eigenvalue weighted by molar-refractivity contribution is 0.0863. The maximum Gasteiger partial charge on any atom is 0.0617 e. The smallest absolute Gasteiger partial charge is 0.0617 e. The molecule has 0 aliphatic heterocycles. The van der Waals surface area contributed by atoms with Gasteiger partial charge in [-0.2, -0.15) is 0 Å².